The molecule has 0 aliphatic rings. The summed E-state index contributed by atoms with van der Waals surface area (Å²) in [6.45, 7) is 6.43. The van der Waals surface area contributed by atoms with E-state index in [1.807, 2.05) is 13.0 Å². The van der Waals surface area contributed by atoms with Crippen molar-refractivity contribution in [2.24, 2.45) is 0 Å². The highest BCUT2D eigenvalue weighted by Crippen LogP contribution is 2.28. The maximum atomic E-state index is 9.81. The van der Waals surface area contributed by atoms with Crippen molar-refractivity contribution in [2.45, 2.75) is 39.8 Å². The summed E-state index contributed by atoms with van der Waals surface area (Å²) in [5.74, 6) is 1.92. The molecule has 0 amide bonds. The van der Waals surface area contributed by atoms with Crippen LogP contribution in [0.25, 0.3) is 11.2 Å². The van der Waals surface area contributed by atoms with Gasteiger partial charge in [-0.05, 0) is 24.8 Å². The highest BCUT2D eigenvalue weighted by molar-refractivity contribution is 7.09. The van der Waals surface area contributed by atoms with Gasteiger partial charge in [0.2, 0.25) is 0 Å². The molecule has 3 heterocycles. The van der Waals surface area contributed by atoms with Crippen molar-refractivity contribution >= 4 is 28.4 Å². The number of oxazole rings is 1. The summed E-state index contributed by atoms with van der Waals surface area (Å²) in [4.78, 5) is 16.7. The number of hydrogen-bond donors (Lipinski definition) is 1. The van der Waals surface area contributed by atoms with Crippen molar-refractivity contribution in [3.63, 3.8) is 0 Å². The van der Waals surface area contributed by atoms with Gasteiger partial charge in [0.1, 0.15) is 5.82 Å². The lowest BCUT2D eigenvalue weighted by molar-refractivity contribution is 0.254. The predicted octanol–water partition coefficient (Wildman–Crippen LogP) is 3.07. The number of aryl methyl sites for hydroxylation is 2. The molecule has 0 unspecified atom stereocenters. The second kappa shape index (κ2) is 6.64. The summed E-state index contributed by atoms with van der Waals surface area (Å²) in [5, 5.41) is 11.9. The molecule has 7 heteroatoms. The molecule has 3 aromatic rings. The number of fused-ring (bicyclic) bond motifs is 1. The normalized spacial score (nSPS) is 12.7. The molecule has 0 saturated carbocycles. The Balaban J connectivity index is 2.11. The predicted molar refractivity (Wildman–Crippen MR) is 90.7 cm³/mol. The SMILES string of the molecule is CC[C@H](CO)N(Cc1cccs1)c1nc(C)nc2oc(C)nc12. The van der Waals surface area contributed by atoms with Crippen molar-refractivity contribution in [3.8, 4) is 0 Å². The zero-order chi connectivity index (χ0) is 16.4. The van der Waals surface area contributed by atoms with E-state index in [4.69, 9.17) is 4.42 Å². The third kappa shape index (κ3) is 3.20. The minimum atomic E-state index is -0.0355. The number of aliphatic hydroxyl groups excluding tert-OH is 1. The van der Waals surface area contributed by atoms with E-state index in [0.29, 0.717) is 29.5 Å². The molecule has 0 aliphatic carbocycles. The van der Waals surface area contributed by atoms with Gasteiger partial charge in [-0.15, -0.1) is 11.3 Å². The van der Waals surface area contributed by atoms with E-state index in [2.05, 4.69) is 38.2 Å². The molecule has 23 heavy (non-hydrogen) atoms. The van der Waals surface area contributed by atoms with Gasteiger partial charge < -0.3 is 14.4 Å². The van der Waals surface area contributed by atoms with Crippen LogP contribution in [-0.2, 0) is 6.54 Å². The van der Waals surface area contributed by atoms with Crippen LogP contribution in [0.2, 0.25) is 0 Å². The molecule has 1 atom stereocenters. The zero-order valence-corrected chi connectivity index (χ0v) is 14.3. The van der Waals surface area contributed by atoms with E-state index < -0.39 is 0 Å². The summed E-state index contributed by atoms with van der Waals surface area (Å²) < 4.78 is 5.57. The molecule has 122 valence electrons. The summed E-state index contributed by atoms with van der Waals surface area (Å²) in [7, 11) is 0. The fourth-order valence-electron chi connectivity index (χ4n) is 2.61. The Hall–Kier alpha value is -1.99. The van der Waals surface area contributed by atoms with E-state index in [0.717, 1.165) is 12.2 Å². The number of aliphatic hydroxyl groups is 1. The standard InChI is InChI=1S/C16H20N4O2S/c1-4-12(9-21)20(8-13-6-5-7-23-13)15-14-16(18-10(2)17-15)22-11(3)19-14/h5-7,12,21H,4,8-9H2,1-3H3/t12-/m1/s1. The van der Waals surface area contributed by atoms with Gasteiger partial charge in [-0.1, -0.05) is 13.0 Å². The van der Waals surface area contributed by atoms with Crippen LogP contribution in [-0.4, -0.2) is 32.7 Å². The van der Waals surface area contributed by atoms with Crippen LogP contribution in [0, 0.1) is 13.8 Å². The molecule has 6 nitrogen and oxygen atoms in total. The van der Waals surface area contributed by atoms with Gasteiger partial charge in [0.25, 0.3) is 5.71 Å². The smallest absolute Gasteiger partial charge is 0.252 e. The van der Waals surface area contributed by atoms with E-state index >= 15 is 0 Å². The van der Waals surface area contributed by atoms with Crippen molar-refractivity contribution in [1.29, 1.82) is 0 Å². The van der Waals surface area contributed by atoms with E-state index in [-0.39, 0.29) is 12.6 Å². The van der Waals surface area contributed by atoms with Crippen LogP contribution < -0.4 is 4.90 Å². The average molecular weight is 332 g/mol. The van der Waals surface area contributed by atoms with E-state index in [1.165, 1.54) is 4.88 Å². The zero-order valence-electron chi connectivity index (χ0n) is 13.5. The highest BCUT2D eigenvalue weighted by Gasteiger charge is 2.24. The van der Waals surface area contributed by atoms with E-state index in [9.17, 15) is 5.11 Å². The molecule has 0 radical (unpaired) electrons. The first-order valence-corrected chi connectivity index (χ1v) is 8.52. The van der Waals surface area contributed by atoms with Crippen LogP contribution in [0.1, 0.15) is 29.9 Å². The summed E-state index contributed by atoms with van der Waals surface area (Å²) >= 11 is 1.69. The third-order valence-corrected chi connectivity index (χ3v) is 4.62. The Kier molecular flexibility index (Phi) is 4.58. The Morgan fingerprint density at radius 3 is 2.78 bits per heavy atom. The van der Waals surface area contributed by atoms with E-state index in [1.54, 1.807) is 18.3 Å². The Labute approximate surface area is 138 Å². The lowest BCUT2D eigenvalue weighted by Crippen LogP contribution is -2.38. The lowest BCUT2D eigenvalue weighted by Gasteiger charge is -2.30. The van der Waals surface area contributed by atoms with Crippen LogP contribution in [0.4, 0.5) is 5.82 Å². The van der Waals surface area contributed by atoms with Crippen LogP contribution in [0.3, 0.4) is 0 Å². The first kappa shape index (κ1) is 15.9. The fraction of sp³-hybridized carbons (Fsp3) is 0.438. The van der Waals surface area contributed by atoms with Crippen molar-refractivity contribution in [1.82, 2.24) is 15.0 Å². The summed E-state index contributed by atoms with van der Waals surface area (Å²) in [6.07, 6.45) is 0.809. The molecule has 0 saturated heterocycles. The molecule has 3 aromatic heterocycles. The van der Waals surface area contributed by atoms with Gasteiger partial charge in [-0.2, -0.15) is 4.98 Å². The fourth-order valence-corrected chi connectivity index (χ4v) is 3.31. The molecule has 1 N–H and O–H groups in total. The number of nitrogens with zero attached hydrogens (tertiary/aromatic N) is 4. The van der Waals surface area contributed by atoms with Gasteiger partial charge in [0, 0.05) is 11.8 Å². The van der Waals surface area contributed by atoms with Gasteiger partial charge in [0.05, 0.1) is 19.2 Å². The van der Waals surface area contributed by atoms with Crippen LogP contribution >= 0.6 is 11.3 Å². The topological polar surface area (TPSA) is 75.3 Å². The first-order chi connectivity index (χ1) is 11.1. The number of aromatic nitrogens is 3. The Morgan fingerprint density at radius 1 is 1.30 bits per heavy atom. The number of thiophene rings is 1. The highest BCUT2D eigenvalue weighted by atomic mass is 32.1. The minimum Gasteiger partial charge on any atom is -0.422 e. The second-order valence-corrected chi connectivity index (χ2v) is 6.47. The second-order valence-electron chi connectivity index (χ2n) is 5.43. The Bertz CT molecular complexity index is 781. The maximum absolute atomic E-state index is 9.81. The molecule has 0 spiro atoms. The van der Waals surface area contributed by atoms with Gasteiger partial charge in [-0.3, -0.25) is 0 Å². The minimum absolute atomic E-state index is 0.0355. The maximum Gasteiger partial charge on any atom is 0.252 e. The summed E-state index contributed by atoms with van der Waals surface area (Å²) in [5.41, 5.74) is 1.14. The van der Waals surface area contributed by atoms with Crippen LogP contribution in [0.5, 0.6) is 0 Å². The number of hydrogen-bond acceptors (Lipinski definition) is 7. The van der Waals surface area contributed by atoms with Crippen molar-refractivity contribution in [2.75, 3.05) is 11.5 Å². The lowest BCUT2D eigenvalue weighted by atomic mass is 10.2. The largest absolute Gasteiger partial charge is 0.422 e. The first-order valence-electron chi connectivity index (χ1n) is 7.64. The monoisotopic (exact) mass is 332 g/mol. The molecule has 0 fully saturated rings. The van der Waals surface area contributed by atoms with Gasteiger partial charge >= 0.3 is 0 Å². The average Bonchev–Trinajstić information content (AvgIpc) is 3.15. The molecule has 0 aromatic carbocycles. The molecule has 0 aliphatic heterocycles. The van der Waals surface area contributed by atoms with Gasteiger partial charge in [-0.25, -0.2) is 9.97 Å². The van der Waals surface area contributed by atoms with Crippen LogP contribution in [0.15, 0.2) is 21.9 Å². The molecule has 3 rings (SSSR count). The molecular formula is C16H20N4O2S. The Morgan fingerprint density at radius 2 is 2.13 bits per heavy atom. The quantitative estimate of drug-likeness (QED) is 0.747. The number of anilines is 1. The van der Waals surface area contributed by atoms with Crippen molar-refractivity contribution in [3.05, 3.63) is 34.1 Å². The van der Waals surface area contributed by atoms with Gasteiger partial charge in [0.15, 0.2) is 17.2 Å². The summed E-state index contributed by atoms with van der Waals surface area (Å²) in [6, 6.07) is 4.08. The molecule has 0 bridgehead atoms. The van der Waals surface area contributed by atoms with Crippen molar-refractivity contribution < 1.29 is 9.52 Å². The number of rotatable bonds is 6. The molecular weight excluding hydrogens is 312 g/mol. The third-order valence-electron chi connectivity index (χ3n) is 3.76.